The van der Waals surface area contributed by atoms with E-state index in [-0.39, 0.29) is 19.0 Å². The highest BCUT2D eigenvalue weighted by Crippen LogP contribution is 2.34. The van der Waals surface area contributed by atoms with E-state index in [2.05, 4.69) is 5.32 Å². The Hall–Kier alpha value is -1.53. The van der Waals surface area contributed by atoms with Crippen molar-refractivity contribution in [2.24, 2.45) is 0 Å². The maximum absolute atomic E-state index is 13.2. The van der Waals surface area contributed by atoms with Gasteiger partial charge in [-0.2, -0.15) is 0 Å². The van der Waals surface area contributed by atoms with Gasteiger partial charge in [0.25, 0.3) is 0 Å². The lowest BCUT2D eigenvalue weighted by atomic mass is 10.2. The van der Waals surface area contributed by atoms with Crippen LogP contribution in [-0.2, 0) is 13.2 Å². The Morgan fingerprint density at radius 1 is 0.964 bits per heavy atom. The molecule has 0 bridgehead atoms. The third kappa shape index (κ3) is 7.13. The number of halogens is 3. The molecule has 2 aromatic rings. The number of hydrogen-bond donors (Lipinski definition) is 2. The van der Waals surface area contributed by atoms with Crippen molar-refractivity contribution < 1.29 is 19.0 Å². The molecule has 7 heteroatoms. The quantitative estimate of drug-likeness (QED) is 0.445. The highest BCUT2D eigenvalue weighted by molar-refractivity contribution is 6.31. The summed E-state index contributed by atoms with van der Waals surface area (Å²) in [4.78, 5) is 0. The summed E-state index contributed by atoms with van der Waals surface area (Å²) >= 11 is 12.5. The molecule has 2 aromatic carbocycles. The van der Waals surface area contributed by atoms with Crippen molar-refractivity contribution >= 4 is 23.2 Å². The molecule has 28 heavy (non-hydrogen) atoms. The van der Waals surface area contributed by atoms with Gasteiger partial charge >= 0.3 is 0 Å². The lowest BCUT2D eigenvalue weighted by Crippen LogP contribution is -2.15. The highest BCUT2D eigenvalue weighted by atomic mass is 35.5. The van der Waals surface area contributed by atoms with E-state index in [0.29, 0.717) is 40.3 Å². The van der Waals surface area contributed by atoms with E-state index in [1.165, 1.54) is 12.1 Å². The van der Waals surface area contributed by atoms with Gasteiger partial charge in [0, 0.05) is 29.8 Å². The summed E-state index contributed by atoms with van der Waals surface area (Å²) in [5, 5.41) is 13.0. The Bertz CT molecular complexity index is 759. The van der Waals surface area contributed by atoms with Crippen molar-refractivity contribution in [2.75, 3.05) is 19.8 Å². The number of nitrogens with one attached hydrogen (secondary N) is 1. The molecule has 0 spiro atoms. The molecule has 0 unspecified atom stereocenters. The lowest BCUT2D eigenvalue weighted by molar-refractivity contribution is 0.269. The number of rotatable bonds is 12. The first kappa shape index (κ1) is 22.8. The van der Waals surface area contributed by atoms with Crippen LogP contribution in [0.1, 0.15) is 37.3 Å². The number of unbranched alkanes of at least 4 members (excludes halogenated alkanes) is 2. The van der Waals surface area contributed by atoms with Crippen molar-refractivity contribution in [1.29, 1.82) is 0 Å². The van der Waals surface area contributed by atoms with Gasteiger partial charge in [0.15, 0.2) is 11.5 Å². The summed E-state index contributed by atoms with van der Waals surface area (Å²) in [6.45, 7) is 4.26. The van der Waals surface area contributed by atoms with Gasteiger partial charge in [0.1, 0.15) is 12.4 Å². The minimum atomic E-state index is -0.389. The van der Waals surface area contributed by atoms with Crippen LogP contribution < -0.4 is 14.8 Å². The predicted molar refractivity (Wildman–Crippen MR) is 111 cm³/mol. The van der Waals surface area contributed by atoms with E-state index in [0.717, 1.165) is 31.4 Å². The van der Waals surface area contributed by atoms with Gasteiger partial charge in [0.05, 0.1) is 11.6 Å². The van der Waals surface area contributed by atoms with Crippen molar-refractivity contribution in [2.45, 2.75) is 39.3 Å². The maximum atomic E-state index is 13.2. The van der Waals surface area contributed by atoms with Gasteiger partial charge in [-0.25, -0.2) is 4.39 Å². The van der Waals surface area contributed by atoms with Crippen LogP contribution in [0.15, 0.2) is 30.3 Å². The molecule has 4 nitrogen and oxygen atoms in total. The molecule has 2 rings (SSSR count). The second kappa shape index (κ2) is 12.1. The van der Waals surface area contributed by atoms with Crippen LogP contribution in [0.3, 0.4) is 0 Å². The fourth-order valence-corrected chi connectivity index (χ4v) is 3.09. The zero-order valence-corrected chi connectivity index (χ0v) is 17.5. The van der Waals surface area contributed by atoms with Crippen molar-refractivity contribution in [3.8, 4) is 11.5 Å². The molecule has 0 aromatic heterocycles. The molecular formula is C21H26Cl2FNO3. The van der Waals surface area contributed by atoms with Gasteiger partial charge in [-0.05, 0) is 56.5 Å². The monoisotopic (exact) mass is 429 g/mol. The molecule has 0 aliphatic rings. The van der Waals surface area contributed by atoms with Crippen LogP contribution >= 0.6 is 23.2 Å². The molecule has 0 amide bonds. The zero-order valence-electron chi connectivity index (χ0n) is 15.9. The molecule has 0 saturated carbocycles. The maximum Gasteiger partial charge on any atom is 0.163 e. The third-order valence-corrected chi connectivity index (χ3v) is 4.84. The first-order valence-corrected chi connectivity index (χ1v) is 10.1. The number of benzene rings is 2. The second-order valence-corrected chi connectivity index (χ2v) is 7.12. The first-order valence-electron chi connectivity index (χ1n) is 9.38. The Labute approximate surface area is 175 Å². The molecule has 0 aliphatic carbocycles. The van der Waals surface area contributed by atoms with Crippen molar-refractivity contribution in [3.05, 3.63) is 57.3 Å². The summed E-state index contributed by atoms with van der Waals surface area (Å²) in [5.74, 6) is 0.723. The van der Waals surface area contributed by atoms with Crippen molar-refractivity contribution in [1.82, 2.24) is 5.32 Å². The fraction of sp³-hybridized carbons (Fsp3) is 0.429. The summed E-state index contributed by atoms with van der Waals surface area (Å²) in [7, 11) is 0. The van der Waals surface area contributed by atoms with E-state index in [1.54, 1.807) is 12.1 Å². The summed E-state index contributed by atoms with van der Waals surface area (Å²) in [6.07, 6.45) is 2.80. The minimum absolute atomic E-state index is 0.179. The first-order chi connectivity index (χ1) is 13.5. The number of aliphatic hydroxyl groups excluding tert-OH is 1. The van der Waals surface area contributed by atoms with E-state index in [1.807, 2.05) is 13.0 Å². The fourth-order valence-electron chi connectivity index (χ4n) is 2.65. The summed E-state index contributed by atoms with van der Waals surface area (Å²) in [6, 6.07) is 7.79. The topological polar surface area (TPSA) is 50.7 Å². The molecule has 154 valence electrons. The molecule has 0 radical (unpaired) electrons. The van der Waals surface area contributed by atoms with E-state index < -0.39 is 0 Å². The van der Waals surface area contributed by atoms with Crippen LogP contribution in [0.2, 0.25) is 10.0 Å². The van der Waals surface area contributed by atoms with Gasteiger partial charge < -0.3 is 19.9 Å². The van der Waals surface area contributed by atoms with Gasteiger partial charge in [-0.3, -0.25) is 0 Å². The molecule has 0 fully saturated rings. The standard InChI is InChI=1S/C21H26Cl2FNO3/c1-2-27-20-10-16(13-25-8-4-3-5-9-26)19(23)12-21(20)28-14-15-6-7-17(24)11-18(15)22/h6-7,10-12,25-26H,2-5,8-9,13-14H2,1H3. The molecule has 0 atom stereocenters. The molecule has 0 heterocycles. The summed E-state index contributed by atoms with van der Waals surface area (Å²) in [5.41, 5.74) is 1.59. The SMILES string of the molecule is CCOc1cc(CNCCCCCO)c(Cl)cc1OCc1ccc(F)cc1Cl. The average molecular weight is 430 g/mol. The van der Waals surface area contributed by atoms with E-state index in [9.17, 15) is 4.39 Å². The predicted octanol–water partition coefficient (Wildman–Crippen LogP) is 5.36. The van der Waals surface area contributed by atoms with Crippen molar-refractivity contribution in [3.63, 3.8) is 0 Å². The third-order valence-electron chi connectivity index (χ3n) is 4.14. The van der Waals surface area contributed by atoms with Crippen LogP contribution in [0, 0.1) is 5.82 Å². The lowest BCUT2D eigenvalue weighted by Gasteiger charge is -2.16. The summed E-state index contributed by atoms with van der Waals surface area (Å²) < 4.78 is 24.7. The van der Waals surface area contributed by atoms with Gasteiger partial charge in [-0.1, -0.05) is 29.3 Å². The van der Waals surface area contributed by atoms with Crippen LogP contribution in [0.5, 0.6) is 11.5 Å². The van der Waals surface area contributed by atoms with Crippen LogP contribution in [-0.4, -0.2) is 24.9 Å². The van der Waals surface area contributed by atoms with E-state index >= 15 is 0 Å². The van der Waals surface area contributed by atoms with Crippen LogP contribution in [0.25, 0.3) is 0 Å². The second-order valence-electron chi connectivity index (χ2n) is 6.31. The number of aliphatic hydroxyl groups is 1. The molecule has 0 aliphatic heterocycles. The average Bonchev–Trinajstić information content (AvgIpc) is 2.66. The van der Waals surface area contributed by atoms with Gasteiger partial charge in [0.2, 0.25) is 0 Å². The Morgan fingerprint density at radius 3 is 2.43 bits per heavy atom. The Balaban J connectivity index is 2.02. The molecule has 0 saturated heterocycles. The smallest absolute Gasteiger partial charge is 0.163 e. The Kier molecular flexibility index (Phi) is 9.85. The largest absolute Gasteiger partial charge is 0.490 e. The zero-order chi connectivity index (χ0) is 20.4. The molecular weight excluding hydrogens is 404 g/mol. The number of hydrogen-bond acceptors (Lipinski definition) is 4. The van der Waals surface area contributed by atoms with Crippen LogP contribution in [0.4, 0.5) is 4.39 Å². The normalized spacial score (nSPS) is 10.9. The highest BCUT2D eigenvalue weighted by Gasteiger charge is 2.12. The Morgan fingerprint density at radius 2 is 1.71 bits per heavy atom. The number of ether oxygens (including phenoxy) is 2. The van der Waals surface area contributed by atoms with Gasteiger partial charge in [-0.15, -0.1) is 0 Å². The minimum Gasteiger partial charge on any atom is -0.490 e. The molecule has 2 N–H and O–H groups in total. The van der Waals surface area contributed by atoms with E-state index in [4.69, 9.17) is 37.8 Å².